The van der Waals surface area contributed by atoms with Crippen molar-refractivity contribution in [2.75, 3.05) is 0 Å². The van der Waals surface area contributed by atoms with Crippen LogP contribution in [0.5, 0.6) is 0 Å². The third-order valence-corrected chi connectivity index (χ3v) is 6.54. The Morgan fingerprint density at radius 3 is 1.57 bits per heavy atom. The number of nitrogens with zero attached hydrogens (tertiary/aromatic N) is 2. The molecule has 3 fully saturated rings. The van der Waals surface area contributed by atoms with Gasteiger partial charge in [0, 0.05) is 17.6 Å². The lowest BCUT2D eigenvalue weighted by molar-refractivity contribution is -0.175. The highest BCUT2D eigenvalue weighted by atomic mass is 16.3. The van der Waals surface area contributed by atoms with Crippen LogP contribution in [0.1, 0.15) is 69.8 Å². The number of hydrogen-bond donors (Lipinski definition) is 1. The smallest absolute Gasteiger partial charge is 0.334 e. The zero-order valence-electron chi connectivity index (χ0n) is 16.2. The van der Waals surface area contributed by atoms with Crippen molar-refractivity contribution in [3.63, 3.8) is 0 Å². The highest BCUT2D eigenvalue weighted by molar-refractivity contribution is 6.21. The maximum absolute atomic E-state index is 13.4. The second-order valence-electron chi connectivity index (χ2n) is 8.29. The Kier molecular flexibility index (Phi) is 5.23. The Labute approximate surface area is 165 Å². The van der Waals surface area contributed by atoms with Crippen LogP contribution in [0.4, 0.5) is 4.79 Å². The van der Waals surface area contributed by atoms with Gasteiger partial charge in [-0.2, -0.15) is 0 Å². The lowest BCUT2D eigenvalue weighted by Crippen LogP contribution is -2.71. The van der Waals surface area contributed by atoms with Gasteiger partial charge in [-0.15, -0.1) is 0 Å². The largest absolute Gasteiger partial charge is 0.368 e. The standard InChI is InChI=1S/C22H28N2O4/c25-19-22(28,16-10-4-1-5-11-16)20(26)24(18-14-8-3-9-15-18)21(27)23(19)17-12-6-2-7-13-17/h1,4-5,10-11,17-18,28H,2-3,6-9,12-15H2. The van der Waals surface area contributed by atoms with Gasteiger partial charge in [0.15, 0.2) is 0 Å². The molecule has 3 aliphatic rings. The van der Waals surface area contributed by atoms with E-state index >= 15 is 0 Å². The molecule has 0 radical (unpaired) electrons. The topological polar surface area (TPSA) is 77.9 Å². The molecule has 0 atom stereocenters. The van der Waals surface area contributed by atoms with Gasteiger partial charge in [0.05, 0.1) is 0 Å². The minimum Gasteiger partial charge on any atom is -0.368 e. The summed E-state index contributed by atoms with van der Waals surface area (Å²) in [6, 6.07) is 7.31. The Hall–Kier alpha value is -2.21. The SMILES string of the molecule is O=C1N(C2CCCCC2)C(=O)C(O)(c2ccccc2)C(=O)N1C1CCCCC1. The number of urea groups is 1. The van der Waals surface area contributed by atoms with E-state index in [0.29, 0.717) is 0 Å². The number of rotatable bonds is 3. The van der Waals surface area contributed by atoms with Crippen molar-refractivity contribution < 1.29 is 19.5 Å². The minimum atomic E-state index is -2.33. The summed E-state index contributed by atoms with van der Waals surface area (Å²) >= 11 is 0. The van der Waals surface area contributed by atoms with E-state index in [1.807, 2.05) is 0 Å². The number of barbiturate groups is 1. The molecule has 0 bridgehead atoms. The van der Waals surface area contributed by atoms with Gasteiger partial charge in [0.1, 0.15) is 0 Å². The molecule has 1 aromatic rings. The van der Waals surface area contributed by atoms with Gasteiger partial charge in [-0.3, -0.25) is 19.4 Å². The molecule has 4 amide bonds. The van der Waals surface area contributed by atoms with Gasteiger partial charge >= 0.3 is 6.03 Å². The Bertz CT molecular complexity index is 711. The molecule has 0 spiro atoms. The zero-order valence-corrected chi connectivity index (χ0v) is 16.2. The summed E-state index contributed by atoms with van der Waals surface area (Å²) in [5.41, 5.74) is -2.09. The molecule has 28 heavy (non-hydrogen) atoms. The van der Waals surface area contributed by atoms with E-state index in [1.54, 1.807) is 30.3 Å². The zero-order chi connectivity index (χ0) is 19.7. The Morgan fingerprint density at radius 2 is 1.14 bits per heavy atom. The monoisotopic (exact) mass is 384 g/mol. The fraction of sp³-hybridized carbons (Fsp3) is 0.591. The molecule has 0 unspecified atom stereocenters. The van der Waals surface area contributed by atoms with Crippen LogP contribution in [-0.2, 0) is 15.2 Å². The van der Waals surface area contributed by atoms with Gasteiger partial charge in [-0.25, -0.2) is 4.79 Å². The quantitative estimate of drug-likeness (QED) is 0.811. The van der Waals surface area contributed by atoms with Crippen LogP contribution >= 0.6 is 0 Å². The molecule has 1 heterocycles. The first kappa shape index (κ1) is 19.1. The second-order valence-corrected chi connectivity index (χ2v) is 8.29. The van der Waals surface area contributed by atoms with Crippen LogP contribution in [0.25, 0.3) is 0 Å². The fourth-order valence-corrected chi connectivity index (χ4v) is 4.98. The van der Waals surface area contributed by atoms with E-state index in [9.17, 15) is 19.5 Å². The van der Waals surface area contributed by atoms with Crippen LogP contribution in [0.3, 0.4) is 0 Å². The third-order valence-electron chi connectivity index (χ3n) is 6.54. The lowest BCUT2D eigenvalue weighted by atomic mass is 9.84. The van der Waals surface area contributed by atoms with Crippen LogP contribution in [-0.4, -0.2) is 44.8 Å². The normalized spacial score (nSPS) is 24.7. The highest BCUT2D eigenvalue weighted by Crippen LogP contribution is 2.38. The van der Waals surface area contributed by atoms with Crippen LogP contribution in [0.2, 0.25) is 0 Å². The van der Waals surface area contributed by atoms with E-state index in [0.717, 1.165) is 64.2 Å². The molecular formula is C22H28N2O4. The van der Waals surface area contributed by atoms with Crippen LogP contribution in [0.15, 0.2) is 30.3 Å². The van der Waals surface area contributed by atoms with Gasteiger partial charge in [0.2, 0.25) is 5.60 Å². The van der Waals surface area contributed by atoms with E-state index in [1.165, 1.54) is 9.80 Å². The first-order chi connectivity index (χ1) is 13.5. The van der Waals surface area contributed by atoms with Crippen LogP contribution in [0, 0.1) is 0 Å². The molecule has 2 saturated carbocycles. The number of imide groups is 2. The molecule has 1 saturated heterocycles. The molecule has 2 aliphatic carbocycles. The van der Waals surface area contributed by atoms with Crippen molar-refractivity contribution in [3.8, 4) is 0 Å². The average Bonchev–Trinajstić information content (AvgIpc) is 2.74. The van der Waals surface area contributed by atoms with Crippen molar-refractivity contribution in [3.05, 3.63) is 35.9 Å². The van der Waals surface area contributed by atoms with Gasteiger partial charge in [-0.1, -0.05) is 68.9 Å². The second kappa shape index (κ2) is 7.66. The van der Waals surface area contributed by atoms with Gasteiger partial charge in [0.25, 0.3) is 11.8 Å². The van der Waals surface area contributed by atoms with Crippen molar-refractivity contribution >= 4 is 17.8 Å². The summed E-state index contributed by atoms with van der Waals surface area (Å²) < 4.78 is 0. The first-order valence-electron chi connectivity index (χ1n) is 10.5. The number of hydrogen-bond acceptors (Lipinski definition) is 4. The summed E-state index contributed by atoms with van der Waals surface area (Å²) in [4.78, 5) is 42.6. The molecule has 150 valence electrons. The van der Waals surface area contributed by atoms with Gasteiger partial charge in [-0.05, 0) is 25.7 Å². The molecule has 6 heteroatoms. The molecule has 1 aromatic carbocycles. The highest BCUT2D eigenvalue weighted by Gasteiger charge is 2.60. The van der Waals surface area contributed by atoms with E-state index in [4.69, 9.17) is 0 Å². The average molecular weight is 384 g/mol. The fourth-order valence-electron chi connectivity index (χ4n) is 4.98. The molecule has 6 nitrogen and oxygen atoms in total. The molecule has 1 aliphatic heterocycles. The number of aliphatic hydroxyl groups is 1. The summed E-state index contributed by atoms with van der Waals surface area (Å²) in [5.74, 6) is -1.57. The predicted octanol–water partition coefficient (Wildman–Crippen LogP) is 3.33. The summed E-state index contributed by atoms with van der Waals surface area (Å²) in [7, 11) is 0. The third kappa shape index (κ3) is 3.04. The van der Waals surface area contributed by atoms with Crippen molar-refractivity contribution in [1.82, 2.24) is 9.80 Å². The maximum atomic E-state index is 13.4. The first-order valence-corrected chi connectivity index (χ1v) is 10.5. The van der Waals surface area contributed by atoms with E-state index < -0.39 is 23.4 Å². The van der Waals surface area contributed by atoms with Gasteiger partial charge < -0.3 is 5.11 Å². The summed E-state index contributed by atoms with van der Waals surface area (Å²) in [6.45, 7) is 0. The van der Waals surface area contributed by atoms with Crippen LogP contribution < -0.4 is 0 Å². The summed E-state index contributed by atoms with van der Waals surface area (Å²) in [6.07, 6.45) is 8.88. The van der Waals surface area contributed by atoms with E-state index in [-0.39, 0.29) is 17.6 Å². The Balaban J connectivity index is 1.78. The lowest BCUT2D eigenvalue weighted by Gasteiger charge is -2.47. The van der Waals surface area contributed by atoms with Crippen molar-refractivity contribution in [2.45, 2.75) is 81.9 Å². The predicted molar refractivity (Wildman–Crippen MR) is 103 cm³/mol. The molecular weight excluding hydrogens is 356 g/mol. The number of carbonyl (C=O) groups is 3. The summed E-state index contributed by atoms with van der Waals surface area (Å²) in [5, 5.41) is 11.5. The Morgan fingerprint density at radius 1 is 0.714 bits per heavy atom. The molecule has 0 aromatic heterocycles. The maximum Gasteiger partial charge on any atom is 0.334 e. The number of benzene rings is 1. The van der Waals surface area contributed by atoms with E-state index in [2.05, 4.69) is 0 Å². The molecule has 4 rings (SSSR count). The van der Waals surface area contributed by atoms with Crippen molar-refractivity contribution in [1.29, 1.82) is 0 Å². The number of amides is 4. The van der Waals surface area contributed by atoms with Crippen molar-refractivity contribution in [2.24, 2.45) is 0 Å². The minimum absolute atomic E-state index is 0.235. The number of carbonyl (C=O) groups excluding carboxylic acids is 3. The molecule has 1 N–H and O–H groups in total.